The average molecular weight is 374 g/mol. The topological polar surface area (TPSA) is 50.6 Å². The van der Waals surface area contributed by atoms with Crippen LogP contribution in [0.4, 0.5) is 5.69 Å². The molecule has 5 heteroatoms. The van der Waals surface area contributed by atoms with Gasteiger partial charge in [-0.25, -0.2) is 0 Å². The summed E-state index contributed by atoms with van der Waals surface area (Å²) in [6.45, 7) is 7.76. The molecular formula is C23H26N4O. The van der Waals surface area contributed by atoms with Crippen molar-refractivity contribution in [3.05, 3.63) is 65.2 Å². The molecule has 2 aromatic rings. The van der Waals surface area contributed by atoms with Gasteiger partial charge in [0.25, 0.3) is 0 Å². The Morgan fingerprint density at radius 1 is 1.00 bits per heavy atom. The summed E-state index contributed by atoms with van der Waals surface area (Å²) >= 11 is 0. The van der Waals surface area contributed by atoms with Gasteiger partial charge in [0, 0.05) is 45.0 Å². The van der Waals surface area contributed by atoms with Gasteiger partial charge in [0.05, 0.1) is 17.7 Å². The molecule has 2 aliphatic heterocycles. The molecule has 2 fully saturated rings. The van der Waals surface area contributed by atoms with Crippen LogP contribution >= 0.6 is 0 Å². The van der Waals surface area contributed by atoms with Crippen LogP contribution in [0, 0.1) is 18.3 Å². The number of nitriles is 1. The summed E-state index contributed by atoms with van der Waals surface area (Å²) in [5.41, 5.74) is 4.25. The lowest BCUT2D eigenvalue weighted by molar-refractivity contribution is -0.122. The van der Waals surface area contributed by atoms with Crippen LogP contribution in [0.15, 0.2) is 48.5 Å². The van der Waals surface area contributed by atoms with Crippen LogP contribution in [0.2, 0.25) is 0 Å². The van der Waals surface area contributed by atoms with E-state index in [0.29, 0.717) is 5.56 Å². The number of rotatable bonds is 4. The van der Waals surface area contributed by atoms with E-state index in [1.165, 1.54) is 11.1 Å². The molecule has 0 N–H and O–H groups in total. The highest BCUT2D eigenvalue weighted by Gasteiger charge is 2.37. The number of anilines is 1. The zero-order chi connectivity index (χ0) is 19.5. The Labute approximate surface area is 166 Å². The Morgan fingerprint density at radius 2 is 1.71 bits per heavy atom. The summed E-state index contributed by atoms with van der Waals surface area (Å²) in [6.07, 6.45) is 0.872. The highest BCUT2D eigenvalue weighted by Crippen LogP contribution is 2.25. The van der Waals surface area contributed by atoms with E-state index >= 15 is 0 Å². The minimum Gasteiger partial charge on any atom is -0.311 e. The molecule has 1 unspecified atom stereocenters. The van der Waals surface area contributed by atoms with Crippen molar-refractivity contribution in [1.82, 2.24) is 9.80 Å². The van der Waals surface area contributed by atoms with Gasteiger partial charge in [-0.05, 0) is 48.7 Å². The molecule has 0 bridgehead atoms. The summed E-state index contributed by atoms with van der Waals surface area (Å²) in [5, 5.41) is 8.95. The Bertz CT molecular complexity index is 878. The Balaban J connectivity index is 1.34. The van der Waals surface area contributed by atoms with Gasteiger partial charge in [0.2, 0.25) is 5.91 Å². The smallest absolute Gasteiger partial charge is 0.244 e. The van der Waals surface area contributed by atoms with E-state index in [1.54, 1.807) is 12.1 Å². The number of carbonyl (C=O) groups excluding carboxylic acids is 1. The monoisotopic (exact) mass is 374 g/mol. The largest absolute Gasteiger partial charge is 0.311 e. The molecule has 0 aliphatic carbocycles. The van der Waals surface area contributed by atoms with Crippen molar-refractivity contribution in [1.29, 1.82) is 5.26 Å². The number of hydrogen-bond donors (Lipinski definition) is 0. The molecule has 1 amide bonds. The van der Waals surface area contributed by atoms with Gasteiger partial charge in [-0.2, -0.15) is 5.26 Å². The summed E-state index contributed by atoms with van der Waals surface area (Å²) in [4.78, 5) is 19.7. The third-order valence-corrected chi connectivity index (χ3v) is 5.99. The third kappa shape index (κ3) is 3.80. The van der Waals surface area contributed by atoms with Gasteiger partial charge in [-0.15, -0.1) is 0 Å². The molecule has 28 heavy (non-hydrogen) atoms. The maximum Gasteiger partial charge on any atom is 0.244 e. The van der Waals surface area contributed by atoms with Gasteiger partial charge in [-0.3, -0.25) is 14.6 Å². The fraction of sp³-hybridized carbons (Fsp3) is 0.391. The molecule has 5 nitrogen and oxygen atoms in total. The highest BCUT2D eigenvalue weighted by molar-refractivity contribution is 5.99. The van der Waals surface area contributed by atoms with E-state index < -0.39 is 0 Å². The maximum atomic E-state index is 13.0. The van der Waals surface area contributed by atoms with E-state index in [2.05, 4.69) is 47.1 Å². The first-order valence-corrected chi connectivity index (χ1v) is 9.98. The van der Waals surface area contributed by atoms with Crippen molar-refractivity contribution in [3.8, 4) is 6.07 Å². The van der Waals surface area contributed by atoms with E-state index in [-0.39, 0.29) is 11.9 Å². The molecule has 2 heterocycles. The fourth-order valence-electron chi connectivity index (χ4n) is 4.24. The first-order valence-electron chi connectivity index (χ1n) is 9.98. The summed E-state index contributed by atoms with van der Waals surface area (Å²) < 4.78 is 0. The predicted octanol–water partition coefficient (Wildman–Crippen LogP) is 2.79. The molecule has 0 radical (unpaired) electrons. The number of piperazine rings is 1. The number of benzene rings is 2. The SMILES string of the molecule is Cc1ccccc1CN1CCN(C2CCN(c3ccc(C#N)cc3)C2=O)CC1. The van der Waals surface area contributed by atoms with E-state index in [9.17, 15) is 4.79 Å². The second-order valence-corrected chi connectivity index (χ2v) is 7.69. The van der Waals surface area contributed by atoms with E-state index in [0.717, 1.165) is 51.4 Å². The lowest BCUT2D eigenvalue weighted by Crippen LogP contribution is -2.52. The zero-order valence-electron chi connectivity index (χ0n) is 16.3. The third-order valence-electron chi connectivity index (χ3n) is 5.99. The first kappa shape index (κ1) is 18.7. The summed E-state index contributed by atoms with van der Waals surface area (Å²) in [6, 6.07) is 18.0. The second-order valence-electron chi connectivity index (χ2n) is 7.69. The van der Waals surface area contributed by atoms with Gasteiger partial charge in [-0.1, -0.05) is 24.3 Å². The van der Waals surface area contributed by atoms with E-state index in [1.807, 2.05) is 17.0 Å². The van der Waals surface area contributed by atoms with E-state index in [4.69, 9.17) is 5.26 Å². The van der Waals surface area contributed by atoms with Crippen LogP contribution in [0.3, 0.4) is 0 Å². The minimum absolute atomic E-state index is 0.0174. The zero-order valence-corrected chi connectivity index (χ0v) is 16.3. The molecule has 2 aliphatic rings. The number of amides is 1. The van der Waals surface area contributed by atoms with Gasteiger partial charge < -0.3 is 4.90 Å². The number of aryl methyl sites for hydroxylation is 1. The van der Waals surface area contributed by atoms with Crippen LogP contribution in [-0.4, -0.2) is 54.5 Å². The molecule has 1 atom stereocenters. The van der Waals surface area contributed by atoms with Gasteiger partial charge >= 0.3 is 0 Å². The maximum absolute atomic E-state index is 13.0. The molecule has 2 aromatic carbocycles. The fourth-order valence-corrected chi connectivity index (χ4v) is 4.24. The van der Waals surface area contributed by atoms with Crippen molar-refractivity contribution < 1.29 is 4.79 Å². The van der Waals surface area contributed by atoms with Crippen molar-refractivity contribution >= 4 is 11.6 Å². The van der Waals surface area contributed by atoms with Crippen LogP contribution < -0.4 is 4.90 Å². The molecule has 0 saturated carbocycles. The molecular weight excluding hydrogens is 348 g/mol. The standard InChI is InChI=1S/C23H26N4O/c1-18-4-2-3-5-20(18)17-25-12-14-26(15-13-25)22-10-11-27(23(22)28)21-8-6-19(16-24)7-9-21/h2-9,22H,10-15,17H2,1H3. The first-order chi connectivity index (χ1) is 13.7. The molecule has 4 rings (SSSR count). The number of hydrogen-bond acceptors (Lipinski definition) is 4. The van der Waals surface area contributed by atoms with Crippen molar-refractivity contribution in [2.24, 2.45) is 0 Å². The minimum atomic E-state index is -0.0174. The molecule has 144 valence electrons. The highest BCUT2D eigenvalue weighted by atomic mass is 16.2. The molecule has 2 saturated heterocycles. The number of nitrogens with zero attached hydrogens (tertiary/aromatic N) is 4. The van der Waals surface area contributed by atoms with Crippen molar-refractivity contribution in [2.75, 3.05) is 37.6 Å². The Morgan fingerprint density at radius 3 is 2.39 bits per heavy atom. The van der Waals surface area contributed by atoms with Gasteiger partial charge in [0.1, 0.15) is 0 Å². The lowest BCUT2D eigenvalue weighted by atomic mass is 10.1. The van der Waals surface area contributed by atoms with Crippen LogP contribution in [0.25, 0.3) is 0 Å². The summed E-state index contributed by atoms with van der Waals surface area (Å²) in [5.74, 6) is 0.192. The molecule has 0 spiro atoms. The Kier molecular flexibility index (Phi) is 5.43. The van der Waals surface area contributed by atoms with Gasteiger partial charge in [0.15, 0.2) is 0 Å². The quantitative estimate of drug-likeness (QED) is 0.826. The summed E-state index contributed by atoms with van der Waals surface area (Å²) in [7, 11) is 0. The number of carbonyl (C=O) groups is 1. The van der Waals surface area contributed by atoms with Crippen molar-refractivity contribution in [3.63, 3.8) is 0 Å². The van der Waals surface area contributed by atoms with Crippen LogP contribution in [0.1, 0.15) is 23.1 Å². The Hall–Kier alpha value is -2.68. The predicted molar refractivity (Wildman–Crippen MR) is 110 cm³/mol. The second kappa shape index (κ2) is 8.14. The van der Waals surface area contributed by atoms with Crippen LogP contribution in [0.5, 0.6) is 0 Å². The van der Waals surface area contributed by atoms with Crippen LogP contribution in [-0.2, 0) is 11.3 Å². The molecule has 0 aromatic heterocycles. The normalized spacial score (nSPS) is 21.1. The van der Waals surface area contributed by atoms with Crippen molar-refractivity contribution in [2.45, 2.75) is 25.9 Å². The average Bonchev–Trinajstić information content (AvgIpc) is 3.12. The lowest BCUT2D eigenvalue weighted by Gasteiger charge is -2.37.